The third kappa shape index (κ3) is 3.10. The molecule has 0 saturated carbocycles. The number of nitrogens with zero attached hydrogens (tertiary/aromatic N) is 2. The van der Waals surface area contributed by atoms with Crippen LogP contribution in [0.2, 0.25) is 0 Å². The number of ether oxygens (including phenoxy) is 1. The van der Waals surface area contributed by atoms with Gasteiger partial charge in [0, 0.05) is 38.4 Å². The number of allylic oxidation sites excluding steroid dienone is 1. The van der Waals surface area contributed by atoms with Crippen molar-refractivity contribution in [1.82, 2.24) is 15.1 Å². The Hall–Kier alpha value is -1.29. The Labute approximate surface area is 96.3 Å². The van der Waals surface area contributed by atoms with Crippen molar-refractivity contribution in [2.24, 2.45) is 7.05 Å². The summed E-state index contributed by atoms with van der Waals surface area (Å²) in [6.45, 7) is 1.91. The van der Waals surface area contributed by atoms with E-state index in [1.807, 2.05) is 24.2 Å². The molecule has 1 atom stereocenters. The summed E-state index contributed by atoms with van der Waals surface area (Å²) in [6, 6.07) is 2.06. The molecule has 1 unspecified atom stereocenters. The first-order chi connectivity index (χ1) is 7.86. The molecule has 1 aliphatic rings. The highest BCUT2D eigenvalue weighted by molar-refractivity contribution is 5.00. The molecule has 0 aromatic carbocycles. The second-order valence-corrected chi connectivity index (χ2v) is 4.11. The fourth-order valence-electron chi connectivity index (χ4n) is 1.86. The van der Waals surface area contributed by atoms with E-state index in [0.717, 1.165) is 32.4 Å². The van der Waals surface area contributed by atoms with Crippen LogP contribution in [0, 0.1) is 0 Å². The smallest absolute Gasteiger partial charge is 0.110 e. The highest BCUT2D eigenvalue weighted by Crippen LogP contribution is 2.08. The highest BCUT2D eigenvalue weighted by atomic mass is 16.5. The average molecular weight is 221 g/mol. The molecule has 16 heavy (non-hydrogen) atoms. The van der Waals surface area contributed by atoms with Crippen LogP contribution in [0.25, 0.3) is 0 Å². The third-order valence-corrected chi connectivity index (χ3v) is 2.87. The van der Waals surface area contributed by atoms with E-state index in [4.69, 9.17) is 4.74 Å². The van der Waals surface area contributed by atoms with Crippen molar-refractivity contribution in [3.63, 3.8) is 0 Å². The van der Waals surface area contributed by atoms with E-state index < -0.39 is 0 Å². The SMILES string of the molecule is Cn1nccc1CCNCC1CCC=CO1. The van der Waals surface area contributed by atoms with Gasteiger partial charge in [-0.05, 0) is 25.0 Å². The van der Waals surface area contributed by atoms with Crippen LogP contribution < -0.4 is 5.32 Å². The van der Waals surface area contributed by atoms with Crippen LogP contribution >= 0.6 is 0 Å². The predicted octanol–water partition coefficient (Wildman–Crippen LogP) is 1.24. The van der Waals surface area contributed by atoms with Gasteiger partial charge in [-0.1, -0.05) is 0 Å². The van der Waals surface area contributed by atoms with E-state index in [9.17, 15) is 0 Å². The molecule has 2 heterocycles. The lowest BCUT2D eigenvalue weighted by molar-refractivity contribution is 0.122. The van der Waals surface area contributed by atoms with Gasteiger partial charge in [-0.25, -0.2) is 0 Å². The Balaban J connectivity index is 1.62. The Morgan fingerprint density at radius 2 is 2.56 bits per heavy atom. The summed E-state index contributed by atoms with van der Waals surface area (Å²) in [5, 5.41) is 7.56. The summed E-state index contributed by atoms with van der Waals surface area (Å²) in [5.41, 5.74) is 1.26. The molecule has 0 fully saturated rings. The molecule has 1 aromatic heterocycles. The molecule has 0 saturated heterocycles. The Bertz CT molecular complexity index is 346. The molecule has 0 spiro atoms. The molecule has 2 rings (SSSR count). The van der Waals surface area contributed by atoms with E-state index in [-0.39, 0.29) is 0 Å². The molecule has 0 radical (unpaired) electrons. The van der Waals surface area contributed by atoms with Crippen molar-refractivity contribution in [3.8, 4) is 0 Å². The van der Waals surface area contributed by atoms with Crippen LogP contribution in [0.1, 0.15) is 18.5 Å². The lowest BCUT2D eigenvalue weighted by Gasteiger charge is -2.19. The zero-order valence-corrected chi connectivity index (χ0v) is 9.72. The molecular formula is C12H19N3O. The van der Waals surface area contributed by atoms with Crippen molar-refractivity contribution in [3.05, 3.63) is 30.3 Å². The molecule has 1 N–H and O–H groups in total. The maximum absolute atomic E-state index is 5.48. The minimum absolute atomic E-state index is 0.344. The second-order valence-electron chi connectivity index (χ2n) is 4.11. The maximum atomic E-state index is 5.48. The fraction of sp³-hybridized carbons (Fsp3) is 0.583. The first kappa shape index (κ1) is 11.2. The summed E-state index contributed by atoms with van der Waals surface area (Å²) in [4.78, 5) is 0. The van der Waals surface area contributed by atoms with Gasteiger partial charge in [0.1, 0.15) is 6.10 Å². The molecule has 88 valence electrons. The summed E-state index contributed by atoms with van der Waals surface area (Å²) >= 11 is 0. The van der Waals surface area contributed by atoms with Crippen LogP contribution in [0.5, 0.6) is 0 Å². The van der Waals surface area contributed by atoms with Gasteiger partial charge in [0.05, 0.1) is 6.26 Å². The summed E-state index contributed by atoms with van der Waals surface area (Å²) < 4.78 is 7.40. The van der Waals surface area contributed by atoms with Gasteiger partial charge in [0.25, 0.3) is 0 Å². The molecule has 0 amide bonds. The summed E-state index contributed by atoms with van der Waals surface area (Å²) in [7, 11) is 1.98. The Morgan fingerprint density at radius 3 is 3.25 bits per heavy atom. The second kappa shape index (κ2) is 5.70. The zero-order valence-electron chi connectivity index (χ0n) is 9.72. The minimum Gasteiger partial charge on any atom is -0.497 e. The van der Waals surface area contributed by atoms with Crippen LogP contribution in [0.15, 0.2) is 24.6 Å². The number of rotatable bonds is 5. The monoisotopic (exact) mass is 221 g/mol. The third-order valence-electron chi connectivity index (χ3n) is 2.87. The molecule has 1 aliphatic heterocycles. The molecule has 1 aromatic rings. The molecular weight excluding hydrogens is 202 g/mol. The number of aromatic nitrogens is 2. The Kier molecular flexibility index (Phi) is 3.99. The molecule has 0 bridgehead atoms. The first-order valence-electron chi connectivity index (χ1n) is 5.84. The van der Waals surface area contributed by atoms with Crippen LogP contribution in [-0.2, 0) is 18.2 Å². The fourth-order valence-corrected chi connectivity index (χ4v) is 1.86. The van der Waals surface area contributed by atoms with Gasteiger partial charge in [-0.2, -0.15) is 5.10 Å². The number of aryl methyl sites for hydroxylation is 1. The van der Waals surface area contributed by atoms with E-state index in [1.165, 1.54) is 5.69 Å². The van der Waals surface area contributed by atoms with Crippen molar-refractivity contribution >= 4 is 0 Å². The van der Waals surface area contributed by atoms with Gasteiger partial charge in [-0.15, -0.1) is 0 Å². The van der Waals surface area contributed by atoms with Gasteiger partial charge in [0.2, 0.25) is 0 Å². The van der Waals surface area contributed by atoms with E-state index in [0.29, 0.717) is 6.10 Å². The normalized spacial score (nSPS) is 19.7. The predicted molar refractivity (Wildman–Crippen MR) is 63.0 cm³/mol. The molecule has 0 aliphatic carbocycles. The Morgan fingerprint density at radius 1 is 1.62 bits per heavy atom. The van der Waals surface area contributed by atoms with Gasteiger partial charge >= 0.3 is 0 Å². The lowest BCUT2D eigenvalue weighted by Crippen LogP contribution is -2.30. The van der Waals surface area contributed by atoms with Crippen molar-refractivity contribution in [2.75, 3.05) is 13.1 Å². The van der Waals surface area contributed by atoms with Crippen LogP contribution in [0.3, 0.4) is 0 Å². The highest BCUT2D eigenvalue weighted by Gasteiger charge is 2.09. The van der Waals surface area contributed by atoms with E-state index >= 15 is 0 Å². The van der Waals surface area contributed by atoms with Gasteiger partial charge in [-0.3, -0.25) is 4.68 Å². The van der Waals surface area contributed by atoms with Gasteiger partial charge in [0.15, 0.2) is 0 Å². The number of hydrogen-bond donors (Lipinski definition) is 1. The van der Waals surface area contributed by atoms with Crippen molar-refractivity contribution < 1.29 is 4.74 Å². The number of hydrogen-bond acceptors (Lipinski definition) is 3. The van der Waals surface area contributed by atoms with Crippen LogP contribution in [0.4, 0.5) is 0 Å². The molecule has 4 nitrogen and oxygen atoms in total. The van der Waals surface area contributed by atoms with Crippen LogP contribution in [-0.4, -0.2) is 29.0 Å². The molecule has 4 heteroatoms. The summed E-state index contributed by atoms with van der Waals surface area (Å²) in [6.07, 6.45) is 9.34. The largest absolute Gasteiger partial charge is 0.497 e. The maximum Gasteiger partial charge on any atom is 0.110 e. The zero-order chi connectivity index (χ0) is 11.2. The average Bonchev–Trinajstić information content (AvgIpc) is 2.72. The first-order valence-corrected chi connectivity index (χ1v) is 5.84. The van der Waals surface area contributed by atoms with E-state index in [1.54, 1.807) is 0 Å². The van der Waals surface area contributed by atoms with E-state index in [2.05, 4.69) is 22.6 Å². The van der Waals surface area contributed by atoms with Crippen molar-refractivity contribution in [1.29, 1.82) is 0 Å². The lowest BCUT2D eigenvalue weighted by atomic mass is 10.1. The summed E-state index contributed by atoms with van der Waals surface area (Å²) in [5.74, 6) is 0. The van der Waals surface area contributed by atoms with Crippen molar-refractivity contribution in [2.45, 2.75) is 25.4 Å². The quantitative estimate of drug-likeness (QED) is 0.760. The topological polar surface area (TPSA) is 39.1 Å². The minimum atomic E-state index is 0.344. The standard InChI is InChI=1S/C12H19N3O/c1-15-11(6-8-14-15)5-7-13-10-12-4-2-3-9-16-12/h3,6,8-9,12-13H,2,4-5,7,10H2,1H3. The van der Waals surface area contributed by atoms with Gasteiger partial charge < -0.3 is 10.1 Å². The number of nitrogens with one attached hydrogen (secondary N) is 1.